The maximum Gasteiger partial charge on any atom is 0.233 e. The first-order valence-corrected chi connectivity index (χ1v) is 19.4. The number of phenolic OH excluding ortho intramolecular Hbond substituents is 2. The Morgan fingerprint density at radius 2 is 0.641 bits per heavy atom. The first-order valence-electron chi connectivity index (χ1n) is 19.4. The average molecular weight is 873 g/mol. The molecule has 0 heterocycles. The van der Waals surface area contributed by atoms with Crippen molar-refractivity contribution in [3.63, 3.8) is 0 Å². The first kappa shape index (κ1) is 45.3. The molecule has 0 radical (unpaired) electrons. The lowest BCUT2D eigenvalue weighted by molar-refractivity contribution is 0.0816. The van der Waals surface area contributed by atoms with Crippen molar-refractivity contribution in [2.45, 2.75) is 12.8 Å². The Labute approximate surface area is 368 Å². The highest BCUT2D eigenvalue weighted by atomic mass is 16.5. The summed E-state index contributed by atoms with van der Waals surface area (Å²) in [5.41, 5.74) is 1.22. The number of ketones is 4. The van der Waals surface area contributed by atoms with E-state index in [9.17, 15) is 29.4 Å². The molecule has 330 valence electrons. The Kier molecular flexibility index (Phi) is 14.2. The van der Waals surface area contributed by atoms with Crippen molar-refractivity contribution in [2.75, 3.05) is 49.8 Å². The van der Waals surface area contributed by atoms with Gasteiger partial charge in [0.1, 0.15) is 57.5 Å². The number of benzene rings is 6. The van der Waals surface area contributed by atoms with Crippen LogP contribution in [-0.4, -0.2) is 83.1 Å². The van der Waals surface area contributed by atoms with E-state index in [-0.39, 0.29) is 56.8 Å². The summed E-state index contributed by atoms with van der Waals surface area (Å²) >= 11 is 0. The number of aromatic hydroxyl groups is 2. The van der Waals surface area contributed by atoms with Gasteiger partial charge in [-0.1, -0.05) is 0 Å². The predicted molar refractivity (Wildman–Crippen MR) is 233 cm³/mol. The van der Waals surface area contributed by atoms with E-state index in [0.29, 0.717) is 58.7 Å². The molecule has 0 unspecified atom stereocenters. The molecule has 0 aromatic heterocycles. The molecule has 0 fully saturated rings. The second-order valence-corrected chi connectivity index (χ2v) is 14.0. The van der Waals surface area contributed by atoms with E-state index >= 15 is 0 Å². The zero-order valence-corrected chi connectivity index (χ0v) is 35.9. The summed E-state index contributed by atoms with van der Waals surface area (Å²) in [5, 5.41) is 21.4. The SMILES string of the molecule is COc1cc(OC)cc(C(=O)C(=O)c2cc(O)cc(Oc3cc(CCc4cc(OC)c(OC)c(OC)c4)cc(Oc4cc(O)cc(C(=O)C(=O)c5cc(OC)cc(OC)c5)c4)c3)c2)c1. The van der Waals surface area contributed by atoms with Crippen LogP contribution < -0.4 is 42.6 Å². The summed E-state index contributed by atoms with van der Waals surface area (Å²) in [5.74, 6) is -1.39. The number of hydrogen-bond donors (Lipinski definition) is 2. The molecule has 0 aliphatic rings. The molecule has 0 atom stereocenters. The van der Waals surface area contributed by atoms with Crippen LogP contribution in [0.15, 0.2) is 103 Å². The number of hydrogen-bond acceptors (Lipinski definition) is 15. The zero-order valence-electron chi connectivity index (χ0n) is 35.9. The molecule has 6 aromatic rings. The minimum atomic E-state index is -0.933. The van der Waals surface area contributed by atoms with Crippen LogP contribution in [0.1, 0.15) is 52.6 Å². The standard InChI is InChI=1S/C49H44O15/c1-56-35-16-31(17-36(24-35)57-2)47(54)45(52)29-14-33(50)22-41(20-29)63-39-10-27(8-9-28-12-43(60-5)49(62-7)44(13-28)61-6)11-40(26-39)64-42-21-30(15-34(51)23-42)46(53)48(55)32-18-37(58-3)25-38(19-32)59-4/h10-26,50-51H,8-9H2,1-7H3. The number of phenols is 2. The first-order chi connectivity index (χ1) is 30.8. The van der Waals surface area contributed by atoms with Gasteiger partial charge in [0, 0.05) is 52.6 Å². The Bertz CT molecular complexity index is 2520. The topological polar surface area (TPSA) is 192 Å². The monoisotopic (exact) mass is 872 g/mol. The third-order valence-corrected chi connectivity index (χ3v) is 9.78. The van der Waals surface area contributed by atoms with Crippen LogP contribution in [0.2, 0.25) is 0 Å². The molecule has 0 saturated heterocycles. The summed E-state index contributed by atoms with van der Waals surface area (Å²) < 4.78 is 50.0. The largest absolute Gasteiger partial charge is 0.508 e. The van der Waals surface area contributed by atoms with E-state index < -0.39 is 23.1 Å². The lowest BCUT2D eigenvalue weighted by atomic mass is 10.0. The Hall–Kier alpha value is -8.20. The maximum atomic E-state index is 13.5. The molecule has 0 saturated carbocycles. The van der Waals surface area contributed by atoms with Crippen molar-refractivity contribution in [3.05, 3.63) is 137 Å². The zero-order chi connectivity index (χ0) is 46.1. The van der Waals surface area contributed by atoms with Gasteiger partial charge in [-0.25, -0.2) is 0 Å². The van der Waals surface area contributed by atoms with Gasteiger partial charge in [0.2, 0.25) is 28.9 Å². The van der Waals surface area contributed by atoms with E-state index in [1.54, 1.807) is 24.3 Å². The van der Waals surface area contributed by atoms with Crippen molar-refractivity contribution >= 4 is 23.1 Å². The Morgan fingerprint density at radius 3 is 0.969 bits per heavy atom. The van der Waals surface area contributed by atoms with Gasteiger partial charge in [0.15, 0.2) is 11.5 Å². The number of Topliss-reactive ketones (excluding diaryl/α,β-unsaturated/α-hetero) is 4. The summed E-state index contributed by atoms with van der Waals surface area (Å²) in [6.07, 6.45) is 0.861. The lowest BCUT2D eigenvalue weighted by Gasteiger charge is -2.15. The number of ether oxygens (including phenoxy) is 9. The van der Waals surface area contributed by atoms with Crippen LogP contribution in [-0.2, 0) is 12.8 Å². The molecule has 2 N–H and O–H groups in total. The molecule has 0 bridgehead atoms. The molecule has 15 nitrogen and oxygen atoms in total. The fourth-order valence-electron chi connectivity index (χ4n) is 6.68. The summed E-state index contributed by atoms with van der Waals surface area (Å²) in [4.78, 5) is 53.8. The summed E-state index contributed by atoms with van der Waals surface area (Å²) in [6.45, 7) is 0. The molecule has 6 rings (SSSR count). The third-order valence-electron chi connectivity index (χ3n) is 9.78. The number of aryl methyl sites for hydroxylation is 2. The highest BCUT2D eigenvalue weighted by molar-refractivity contribution is 6.50. The Balaban J connectivity index is 1.34. The third kappa shape index (κ3) is 10.6. The van der Waals surface area contributed by atoms with Gasteiger partial charge in [-0.3, -0.25) is 19.2 Å². The molecular formula is C49H44O15. The van der Waals surface area contributed by atoms with E-state index in [2.05, 4.69) is 0 Å². The van der Waals surface area contributed by atoms with Crippen molar-refractivity contribution in [1.29, 1.82) is 0 Å². The number of rotatable bonds is 20. The van der Waals surface area contributed by atoms with Gasteiger partial charge < -0.3 is 52.8 Å². The lowest BCUT2D eigenvalue weighted by Crippen LogP contribution is -2.15. The van der Waals surface area contributed by atoms with E-state index in [1.165, 1.54) is 104 Å². The summed E-state index contributed by atoms with van der Waals surface area (Å²) in [6, 6.07) is 24.7. The molecule has 0 aliphatic carbocycles. The second kappa shape index (κ2) is 20.1. The quantitative estimate of drug-likeness (QED) is 0.0547. The minimum absolute atomic E-state index is 0.00465. The van der Waals surface area contributed by atoms with Crippen molar-refractivity contribution in [3.8, 4) is 74.7 Å². The van der Waals surface area contributed by atoms with Crippen LogP contribution in [0.25, 0.3) is 0 Å². The van der Waals surface area contributed by atoms with Crippen LogP contribution >= 0.6 is 0 Å². The van der Waals surface area contributed by atoms with Gasteiger partial charge in [-0.2, -0.15) is 0 Å². The van der Waals surface area contributed by atoms with Crippen molar-refractivity contribution in [2.24, 2.45) is 0 Å². The second-order valence-electron chi connectivity index (χ2n) is 14.0. The van der Waals surface area contributed by atoms with Crippen molar-refractivity contribution in [1.82, 2.24) is 0 Å². The summed E-state index contributed by atoms with van der Waals surface area (Å²) in [7, 11) is 10.2. The van der Waals surface area contributed by atoms with Gasteiger partial charge in [0.05, 0.1) is 49.8 Å². The van der Waals surface area contributed by atoms with Crippen LogP contribution in [0.5, 0.6) is 74.7 Å². The molecule has 0 spiro atoms. The molecule has 0 amide bonds. The molecule has 15 heteroatoms. The molecule has 0 aliphatic heterocycles. The Morgan fingerprint density at radius 1 is 0.344 bits per heavy atom. The molecule has 64 heavy (non-hydrogen) atoms. The van der Waals surface area contributed by atoms with Gasteiger partial charge in [0.25, 0.3) is 0 Å². The smallest absolute Gasteiger partial charge is 0.233 e. The molecule has 6 aromatic carbocycles. The van der Waals surface area contributed by atoms with Crippen LogP contribution in [0.4, 0.5) is 0 Å². The number of methoxy groups -OCH3 is 7. The maximum absolute atomic E-state index is 13.5. The highest BCUT2D eigenvalue weighted by Crippen LogP contribution is 2.39. The fourth-order valence-corrected chi connectivity index (χ4v) is 6.68. The van der Waals surface area contributed by atoms with E-state index in [1.807, 2.05) is 12.1 Å². The highest BCUT2D eigenvalue weighted by Gasteiger charge is 2.24. The van der Waals surface area contributed by atoms with Gasteiger partial charge in [-0.15, -0.1) is 0 Å². The minimum Gasteiger partial charge on any atom is -0.508 e. The van der Waals surface area contributed by atoms with Gasteiger partial charge >= 0.3 is 0 Å². The predicted octanol–water partition coefficient (Wildman–Crippen LogP) is 8.66. The number of carbonyl (C=O) groups is 4. The van der Waals surface area contributed by atoms with Crippen molar-refractivity contribution < 1.29 is 72.0 Å². The van der Waals surface area contributed by atoms with E-state index in [0.717, 1.165) is 17.7 Å². The average Bonchev–Trinajstić information content (AvgIpc) is 3.30. The van der Waals surface area contributed by atoms with Gasteiger partial charge in [-0.05, 0) is 96.8 Å². The fraction of sp³-hybridized carbons (Fsp3) is 0.184. The molecular weight excluding hydrogens is 829 g/mol. The number of carbonyl (C=O) groups excluding carboxylic acids is 4. The van der Waals surface area contributed by atoms with Crippen LogP contribution in [0.3, 0.4) is 0 Å². The normalized spacial score (nSPS) is 10.6. The van der Waals surface area contributed by atoms with E-state index in [4.69, 9.17) is 42.6 Å². The van der Waals surface area contributed by atoms with Crippen LogP contribution in [0, 0.1) is 0 Å².